The van der Waals surface area contributed by atoms with Crippen LogP contribution in [0, 0.1) is 5.92 Å². The Morgan fingerprint density at radius 2 is 1.03 bits per heavy atom. The summed E-state index contributed by atoms with van der Waals surface area (Å²) >= 11 is 0. The van der Waals surface area contributed by atoms with Crippen molar-refractivity contribution in [3.63, 3.8) is 0 Å². The lowest BCUT2D eigenvalue weighted by Gasteiger charge is -2.21. The summed E-state index contributed by atoms with van der Waals surface area (Å²) in [7, 11) is 0. The van der Waals surface area contributed by atoms with E-state index in [1.165, 1.54) is 103 Å². The molecule has 2 N–H and O–H groups in total. The highest BCUT2D eigenvalue weighted by molar-refractivity contribution is 5.75. The zero-order valence-corrected chi connectivity index (χ0v) is 18.9. The molecule has 0 spiro atoms. The van der Waals surface area contributed by atoms with Gasteiger partial charge in [0.15, 0.2) is 0 Å². The van der Waals surface area contributed by atoms with Crippen molar-refractivity contribution in [3.05, 3.63) is 0 Å². The lowest BCUT2D eigenvalue weighted by molar-refractivity contribution is -0.137. The molecule has 1 aliphatic rings. The fraction of sp³-hybridized carbons (Fsp3) is 0.920. The van der Waals surface area contributed by atoms with Gasteiger partial charge < -0.3 is 10.4 Å². The van der Waals surface area contributed by atoms with E-state index >= 15 is 0 Å². The second-order valence-corrected chi connectivity index (χ2v) is 9.15. The van der Waals surface area contributed by atoms with Gasteiger partial charge in [-0.25, -0.2) is 0 Å². The Kier molecular flexibility index (Phi) is 17.0. The van der Waals surface area contributed by atoms with Crippen molar-refractivity contribution in [2.75, 3.05) is 6.54 Å². The van der Waals surface area contributed by atoms with E-state index in [4.69, 9.17) is 5.11 Å². The molecule has 4 heteroatoms. The van der Waals surface area contributed by atoms with Gasteiger partial charge in [0.1, 0.15) is 0 Å². The first-order chi connectivity index (χ1) is 14.2. The van der Waals surface area contributed by atoms with Gasteiger partial charge in [0.05, 0.1) is 0 Å². The Morgan fingerprint density at radius 3 is 1.48 bits per heavy atom. The Labute approximate surface area is 179 Å². The number of carbonyl (C=O) groups is 2. The lowest BCUT2D eigenvalue weighted by atomic mass is 9.89. The predicted octanol–water partition coefficient (Wildman–Crippen LogP) is 7.01. The zero-order chi connectivity index (χ0) is 21.0. The number of carbonyl (C=O) groups excluding carboxylic acids is 1. The molecule has 1 saturated carbocycles. The highest BCUT2D eigenvalue weighted by atomic mass is 16.4. The largest absolute Gasteiger partial charge is 0.481 e. The number of unbranched alkanes of at least 4 members (excludes halogenated alkanes) is 13. The molecule has 1 amide bonds. The van der Waals surface area contributed by atoms with Crippen LogP contribution in [0.2, 0.25) is 0 Å². The molecule has 0 aromatic rings. The van der Waals surface area contributed by atoms with Crippen molar-refractivity contribution in [1.82, 2.24) is 5.32 Å². The second-order valence-electron chi connectivity index (χ2n) is 9.15. The van der Waals surface area contributed by atoms with E-state index in [-0.39, 0.29) is 5.91 Å². The number of aliphatic carboxylic acids is 1. The molecule has 0 unspecified atom stereocenters. The third-order valence-corrected chi connectivity index (χ3v) is 6.36. The minimum absolute atomic E-state index is 0.262. The van der Waals surface area contributed by atoms with Crippen molar-refractivity contribution < 1.29 is 14.7 Å². The molecule has 1 aliphatic carbocycles. The monoisotopic (exact) mass is 409 g/mol. The van der Waals surface area contributed by atoms with Crippen LogP contribution in [-0.4, -0.2) is 23.5 Å². The molecule has 4 nitrogen and oxygen atoms in total. The van der Waals surface area contributed by atoms with Crippen LogP contribution in [-0.2, 0) is 9.59 Å². The molecule has 0 aliphatic heterocycles. The first-order valence-electron chi connectivity index (χ1n) is 12.7. The summed E-state index contributed by atoms with van der Waals surface area (Å²) in [6.45, 7) is 0.906. The van der Waals surface area contributed by atoms with Gasteiger partial charge in [0, 0.05) is 19.4 Å². The Hall–Kier alpha value is -1.06. The minimum atomic E-state index is -0.666. The topological polar surface area (TPSA) is 66.4 Å². The predicted molar refractivity (Wildman–Crippen MR) is 121 cm³/mol. The molecule has 0 radical (unpaired) electrons. The summed E-state index contributed by atoms with van der Waals surface area (Å²) < 4.78 is 0. The van der Waals surface area contributed by atoms with Crippen molar-refractivity contribution in [2.24, 2.45) is 5.92 Å². The summed E-state index contributed by atoms with van der Waals surface area (Å²) in [4.78, 5) is 22.3. The van der Waals surface area contributed by atoms with Crippen molar-refractivity contribution in [3.8, 4) is 0 Å². The number of nitrogens with one attached hydrogen (secondary N) is 1. The van der Waals surface area contributed by atoms with Gasteiger partial charge in [-0.2, -0.15) is 0 Å². The smallest absolute Gasteiger partial charge is 0.303 e. The third kappa shape index (κ3) is 17.5. The SMILES string of the molecule is O=C(O)CCCCCCCCCCCCCCCCC(=O)NCC1CCCCC1. The number of rotatable bonds is 19. The number of hydrogen-bond donors (Lipinski definition) is 2. The Bertz CT molecular complexity index is 405. The summed E-state index contributed by atoms with van der Waals surface area (Å²) in [5.74, 6) is 0.328. The van der Waals surface area contributed by atoms with Gasteiger partial charge in [0.2, 0.25) is 5.91 Å². The summed E-state index contributed by atoms with van der Waals surface area (Å²) in [6, 6.07) is 0. The van der Waals surface area contributed by atoms with E-state index in [9.17, 15) is 9.59 Å². The van der Waals surface area contributed by atoms with E-state index in [1.54, 1.807) is 0 Å². The van der Waals surface area contributed by atoms with Gasteiger partial charge in [0.25, 0.3) is 0 Å². The standard InChI is InChI=1S/C25H47NO3/c27-24(26-22-23-18-14-13-15-19-23)20-16-11-9-7-5-3-1-2-4-6-8-10-12-17-21-25(28)29/h23H,1-22H2,(H,26,27)(H,28,29). The maximum Gasteiger partial charge on any atom is 0.303 e. The molecular weight excluding hydrogens is 362 g/mol. The van der Waals surface area contributed by atoms with Crippen molar-refractivity contribution >= 4 is 11.9 Å². The van der Waals surface area contributed by atoms with Crippen LogP contribution >= 0.6 is 0 Å². The number of carboxylic acid groups (broad SMARTS) is 1. The van der Waals surface area contributed by atoms with E-state index in [0.717, 1.165) is 31.7 Å². The number of hydrogen-bond acceptors (Lipinski definition) is 2. The molecule has 0 heterocycles. The maximum absolute atomic E-state index is 11.9. The summed E-state index contributed by atoms with van der Waals surface area (Å²) in [6.07, 6.45) is 24.9. The molecule has 0 aromatic carbocycles. The van der Waals surface area contributed by atoms with Crippen LogP contribution < -0.4 is 5.32 Å². The fourth-order valence-corrected chi connectivity index (χ4v) is 4.42. The second kappa shape index (κ2) is 18.9. The molecule has 29 heavy (non-hydrogen) atoms. The first kappa shape index (κ1) is 26.0. The summed E-state index contributed by atoms with van der Waals surface area (Å²) in [5, 5.41) is 11.7. The van der Waals surface area contributed by atoms with Crippen molar-refractivity contribution in [2.45, 2.75) is 135 Å². The molecule has 0 saturated heterocycles. The fourth-order valence-electron chi connectivity index (χ4n) is 4.42. The third-order valence-electron chi connectivity index (χ3n) is 6.36. The number of amides is 1. The normalized spacial score (nSPS) is 14.8. The highest BCUT2D eigenvalue weighted by Gasteiger charge is 2.13. The van der Waals surface area contributed by atoms with Gasteiger partial charge in [-0.3, -0.25) is 9.59 Å². The quantitative estimate of drug-likeness (QED) is 0.225. The van der Waals surface area contributed by atoms with E-state index in [0.29, 0.717) is 12.8 Å². The molecule has 1 rings (SSSR count). The maximum atomic E-state index is 11.9. The average molecular weight is 410 g/mol. The van der Waals surface area contributed by atoms with Crippen LogP contribution in [0.3, 0.4) is 0 Å². The molecule has 0 atom stereocenters. The zero-order valence-electron chi connectivity index (χ0n) is 18.9. The van der Waals surface area contributed by atoms with E-state index in [1.807, 2.05) is 0 Å². The molecule has 0 aromatic heterocycles. The lowest BCUT2D eigenvalue weighted by Crippen LogP contribution is -2.29. The van der Waals surface area contributed by atoms with E-state index < -0.39 is 5.97 Å². The van der Waals surface area contributed by atoms with Gasteiger partial charge in [-0.05, 0) is 31.6 Å². The molecule has 1 fully saturated rings. The highest BCUT2D eigenvalue weighted by Crippen LogP contribution is 2.22. The van der Waals surface area contributed by atoms with Crippen LogP contribution in [0.4, 0.5) is 0 Å². The Morgan fingerprint density at radius 1 is 0.621 bits per heavy atom. The van der Waals surface area contributed by atoms with E-state index in [2.05, 4.69) is 5.32 Å². The average Bonchev–Trinajstić information content (AvgIpc) is 2.72. The van der Waals surface area contributed by atoms with Gasteiger partial charge in [-0.15, -0.1) is 0 Å². The molecule has 170 valence electrons. The minimum Gasteiger partial charge on any atom is -0.481 e. The molecular formula is C25H47NO3. The molecule has 0 bridgehead atoms. The summed E-state index contributed by atoms with van der Waals surface area (Å²) in [5.41, 5.74) is 0. The van der Waals surface area contributed by atoms with Gasteiger partial charge in [-0.1, -0.05) is 96.3 Å². The van der Waals surface area contributed by atoms with Crippen LogP contribution in [0.25, 0.3) is 0 Å². The number of carboxylic acids is 1. The van der Waals surface area contributed by atoms with Crippen molar-refractivity contribution in [1.29, 1.82) is 0 Å². The Balaban J connectivity index is 1.72. The van der Waals surface area contributed by atoms with Crippen LogP contribution in [0.5, 0.6) is 0 Å². The van der Waals surface area contributed by atoms with Gasteiger partial charge >= 0.3 is 5.97 Å². The first-order valence-corrected chi connectivity index (χ1v) is 12.7. The van der Waals surface area contributed by atoms with Crippen LogP contribution in [0.1, 0.15) is 135 Å². The van der Waals surface area contributed by atoms with Crippen LogP contribution in [0.15, 0.2) is 0 Å².